The Morgan fingerprint density at radius 3 is 3.00 bits per heavy atom. The molecule has 0 aliphatic rings. The first-order valence-corrected chi connectivity index (χ1v) is 3.95. The summed E-state index contributed by atoms with van der Waals surface area (Å²) in [5.74, 6) is 0. The van der Waals surface area contributed by atoms with Crippen LogP contribution in [0.25, 0.3) is 0 Å². The lowest BCUT2D eigenvalue weighted by atomic mass is 10.2. The molecule has 1 aromatic rings. The summed E-state index contributed by atoms with van der Waals surface area (Å²) in [6, 6.07) is 7.46. The Hall–Kier alpha value is -1.42. The minimum absolute atomic E-state index is 0.219. The van der Waals surface area contributed by atoms with Crippen LogP contribution in [-0.2, 0) is 6.54 Å². The van der Waals surface area contributed by atoms with Gasteiger partial charge in [-0.3, -0.25) is 4.99 Å². The van der Waals surface area contributed by atoms with Crippen LogP contribution in [0, 0.1) is 0 Å². The van der Waals surface area contributed by atoms with Gasteiger partial charge in [0.25, 0.3) is 0 Å². The van der Waals surface area contributed by atoms with Crippen molar-refractivity contribution >= 4 is 12.4 Å². The van der Waals surface area contributed by atoms with Gasteiger partial charge in [0.1, 0.15) is 6.67 Å². The zero-order valence-corrected chi connectivity index (χ0v) is 7.26. The van der Waals surface area contributed by atoms with E-state index in [2.05, 4.69) is 17.0 Å². The van der Waals surface area contributed by atoms with E-state index in [1.54, 1.807) is 5.54 Å². The fraction of sp³-hybridized carbons (Fsp3) is 0.222. The van der Waals surface area contributed by atoms with Crippen molar-refractivity contribution in [2.24, 2.45) is 4.99 Å². The van der Waals surface area contributed by atoms with Crippen molar-refractivity contribution in [1.82, 2.24) is 5.54 Å². The summed E-state index contributed by atoms with van der Waals surface area (Å²) >= 11 is 0. The molecule has 0 bridgehead atoms. The molecule has 0 spiro atoms. The average molecular weight is 181 g/mol. The highest BCUT2D eigenvalue weighted by Gasteiger charge is 1.93. The molecule has 0 unspecified atom stereocenters. The van der Waals surface area contributed by atoms with E-state index in [0.29, 0.717) is 6.67 Å². The molecular weight excluding hydrogens is 169 g/mol. The summed E-state index contributed by atoms with van der Waals surface area (Å²) in [7, 11) is 0. The van der Waals surface area contributed by atoms with Gasteiger partial charge in [0, 0.05) is 5.69 Å². The van der Waals surface area contributed by atoms with Gasteiger partial charge in [0.05, 0.1) is 6.54 Å². The van der Waals surface area contributed by atoms with Crippen LogP contribution >= 0.6 is 0 Å². The molecule has 70 valence electrons. The number of halogens is 1. The third kappa shape index (κ3) is 3.21. The summed E-state index contributed by atoms with van der Waals surface area (Å²) in [6.45, 7) is 4.03. The molecule has 0 fully saturated rings. The molecule has 1 rings (SSSR count). The quantitative estimate of drug-likeness (QED) is 0.536. The van der Waals surface area contributed by atoms with Crippen LogP contribution in [0.4, 0.5) is 10.2 Å². The van der Waals surface area contributed by atoms with E-state index in [9.17, 15) is 4.48 Å². The van der Waals surface area contributed by atoms with Gasteiger partial charge in [-0.15, -0.1) is 4.48 Å². The maximum atomic E-state index is 11.8. The Labute approximate surface area is 76.6 Å². The number of hydrogen-bond acceptors (Lipinski definition) is 3. The van der Waals surface area contributed by atoms with E-state index >= 15 is 0 Å². The zero-order chi connectivity index (χ0) is 9.52. The molecule has 0 heterocycles. The number of aliphatic imine (C=N–C) groups is 1. The van der Waals surface area contributed by atoms with Gasteiger partial charge in [0.15, 0.2) is 0 Å². The van der Waals surface area contributed by atoms with Crippen molar-refractivity contribution in [3.05, 3.63) is 29.8 Å². The molecule has 0 amide bonds. The lowest BCUT2D eigenvalue weighted by Crippen LogP contribution is -2.02. The van der Waals surface area contributed by atoms with Gasteiger partial charge in [-0.2, -0.15) is 5.54 Å². The molecular formula is C9H12FN3. The second kappa shape index (κ2) is 5.27. The highest BCUT2D eigenvalue weighted by molar-refractivity contribution is 5.45. The fourth-order valence-corrected chi connectivity index (χ4v) is 1.02. The minimum atomic E-state index is 0.219. The normalized spacial score (nSPS) is 9.62. The van der Waals surface area contributed by atoms with Gasteiger partial charge < -0.3 is 5.32 Å². The molecule has 0 saturated heterocycles. The Kier molecular flexibility index (Phi) is 3.92. The van der Waals surface area contributed by atoms with Crippen molar-refractivity contribution in [3.63, 3.8) is 0 Å². The van der Waals surface area contributed by atoms with Crippen molar-refractivity contribution in [2.75, 3.05) is 12.0 Å². The summed E-state index contributed by atoms with van der Waals surface area (Å²) in [6.07, 6.45) is 0. The molecule has 0 saturated carbocycles. The highest BCUT2D eigenvalue weighted by atomic mass is 19.2. The van der Waals surface area contributed by atoms with Crippen LogP contribution in [0.3, 0.4) is 0 Å². The first-order valence-electron chi connectivity index (χ1n) is 3.95. The second-order valence-corrected chi connectivity index (χ2v) is 2.57. The van der Waals surface area contributed by atoms with Crippen LogP contribution in [0.5, 0.6) is 0 Å². The molecule has 13 heavy (non-hydrogen) atoms. The van der Waals surface area contributed by atoms with E-state index in [-0.39, 0.29) is 6.54 Å². The third-order valence-electron chi connectivity index (χ3n) is 1.59. The number of nitrogens with one attached hydrogen (secondary N) is 2. The number of anilines is 1. The van der Waals surface area contributed by atoms with E-state index in [1.165, 1.54) is 0 Å². The maximum Gasteiger partial charge on any atom is 0.107 e. The van der Waals surface area contributed by atoms with E-state index in [4.69, 9.17) is 0 Å². The fourth-order valence-electron chi connectivity index (χ4n) is 1.02. The van der Waals surface area contributed by atoms with Crippen LogP contribution in [-0.4, -0.2) is 13.4 Å². The lowest BCUT2D eigenvalue weighted by molar-refractivity contribution is 0.330. The number of hydrogen-bond donors (Lipinski definition) is 2. The average Bonchev–Trinajstić information content (AvgIpc) is 2.16. The van der Waals surface area contributed by atoms with Crippen molar-refractivity contribution in [2.45, 2.75) is 6.54 Å². The minimum Gasteiger partial charge on any atom is -0.366 e. The molecule has 1 aromatic carbocycles. The summed E-state index contributed by atoms with van der Waals surface area (Å²) in [5, 5.41) is 3.01. The molecule has 3 nitrogen and oxygen atoms in total. The van der Waals surface area contributed by atoms with Gasteiger partial charge in [-0.05, 0) is 24.4 Å². The van der Waals surface area contributed by atoms with Crippen LogP contribution in [0.15, 0.2) is 29.3 Å². The SMILES string of the molecule is C=NCNc1cccc(CNF)c1. The predicted molar refractivity (Wildman–Crippen MR) is 52.4 cm³/mol. The second-order valence-electron chi connectivity index (χ2n) is 2.57. The van der Waals surface area contributed by atoms with Crippen molar-refractivity contribution in [3.8, 4) is 0 Å². The molecule has 4 heteroatoms. The van der Waals surface area contributed by atoms with Crippen LogP contribution < -0.4 is 10.9 Å². The van der Waals surface area contributed by atoms with Gasteiger partial charge >= 0.3 is 0 Å². The van der Waals surface area contributed by atoms with Gasteiger partial charge in [-0.1, -0.05) is 12.1 Å². The maximum absolute atomic E-state index is 11.8. The molecule has 2 N–H and O–H groups in total. The topological polar surface area (TPSA) is 36.4 Å². The summed E-state index contributed by atoms with van der Waals surface area (Å²) in [5.41, 5.74) is 3.41. The first kappa shape index (κ1) is 9.67. The smallest absolute Gasteiger partial charge is 0.107 e. The van der Waals surface area contributed by atoms with E-state index in [0.717, 1.165) is 11.3 Å². The Balaban J connectivity index is 2.61. The Morgan fingerprint density at radius 1 is 1.46 bits per heavy atom. The Bertz CT molecular complexity index is 275. The van der Waals surface area contributed by atoms with Crippen molar-refractivity contribution < 1.29 is 4.48 Å². The molecule has 0 aromatic heterocycles. The molecule has 0 aliphatic carbocycles. The third-order valence-corrected chi connectivity index (χ3v) is 1.59. The van der Waals surface area contributed by atoms with Crippen LogP contribution in [0.2, 0.25) is 0 Å². The summed E-state index contributed by atoms with van der Waals surface area (Å²) < 4.78 is 11.8. The standard InChI is InChI=1S/C9H12FN3/c1-11-7-12-9-4-2-3-8(5-9)6-13-10/h2-5,12-13H,1,6-7H2. The predicted octanol–water partition coefficient (Wildman–Crippen LogP) is 1.73. The van der Waals surface area contributed by atoms with Crippen molar-refractivity contribution in [1.29, 1.82) is 0 Å². The first-order chi connectivity index (χ1) is 6.36. The number of nitrogens with zero attached hydrogens (tertiary/aromatic N) is 1. The van der Waals surface area contributed by atoms with Gasteiger partial charge in [0.2, 0.25) is 0 Å². The molecule has 0 aliphatic heterocycles. The summed E-state index contributed by atoms with van der Waals surface area (Å²) in [4.78, 5) is 3.66. The van der Waals surface area contributed by atoms with Crippen LogP contribution in [0.1, 0.15) is 5.56 Å². The zero-order valence-electron chi connectivity index (χ0n) is 7.26. The highest BCUT2D eigenvalue weighted by Crippen LogP contribution is 2.09. The lowest BCUT2D eigenvalue weighted by Gasteiger charge is -2.04. The molecule has 0 radical (unpaired) electrons. The number of rotatable bonds is 5. The molecule has 0 atom stereocenters. The van der Waals surface area contributed by atoms with E-state index in [1.807, 2.05) is 24.3 Å². The van der Waals surface area contributed by atoms with E-state index < -0.39 is 0 Å². The number of benzene rings is 1. The Morgan fingerprint density at radius 2 is 2.31 bits per heavy atom. The largest absolute Gasteiger partial charge is 0.366 e. The monoisotopic (exact) mass is 181 g/mol. The van der Waals surface area contributed by atoms with Gasteiger partial charge in [-0.25, -0.2) is 0 Å².